The lowest BCUT2D eigenvalue weighted by Gasteiger charge is -1.95. The van der Waals surface area contributed by atoms with Crippen molar-refractivity contribution in [3.8, 4) is 0 Å². The van der Waals surface area contributed by atoms with Gasteiger partial charge >= 0.3 is 0 Å². The first-order chi connectivity index (χ1) is 6.84. The van der Waals surface area contributed by atoms with E-state index in [1.54, 1.807) is 18.0 Å². The fourth-order valence-corrected chi connectivity index (χ4v) is 1.81. The first-order valence-electron chi connectivity index (χ1n) is 4.30. The Balaban J connectivity index is 1.95. The number of hydrogen-bond donors (Lipinski definition) is 0. The van der Waals surface area contributed by atoms with E-state index in [1.165, 1.54) is 0 Å². The Morgan fingerprint density at radius 1 is 1.43 bits per heavy atom. The maximum absolute atomic E-state index is 4.97. The molecule has 0 aliphatic rings. The van der Waals surface area contributed by atoms with Gasteiger partial charge in [0, 0.05) is 18.0 Å². The number of aryl methyl sites for hydroxylation is 1. The zero-order valence-electron chi connectivity index (χ0n) is 7.80. The first-order valence-corrected chi connectivity index (χ1v) is 5.29. The van der Waals surface area contributed by atoms with E-state index >= 15 is 0 Å². The average molecular weight is 206 g/mol. The molecule has 0 N–H and O–H groups in total. The molecule has 0 unspecified atom stereocenters. The lowest BCUT2D eigenvalue weighted by Crippen LogP contribution is -1.81. The summed E-state index contributed by atoms with van der Waals surface area (Å²) in [5.41, 5.74) is 0.957. The summed E-state index contributed by atoms with van der Waals surface area (Å²) in [5, 5.41) is 4.91. The van der Waals surface area contributed by atoms with Crippen LogP contribution in [0, 0.1) is 6.92 Å². The van der Waals surface area contributed by atoms with Crippen LogP contribution in [0.4, 0.5) is 0 Å². The molecule has 2 heterocycles. The fraction of sp³-hybridized carbons (Fsp3) is 0.200. The van der Waals surface area contributed by atoms with E-state index in [1.807, 2.05) is 31.2 Å². The van der Waals surface area contributed by atoms with Gasteiger partial charge in [0.25, 0.3) is 0 Å². The SMILES string of the molecule is Cc1cc(CSc2ccccn2)no1. The van der Waals surface area contributed by atoms with Crippen LogP contribution < -0.4 is 0 Å². The summed E-state index contributed by atoms with van der Waals surface area (Å²) in [4.78, 5) is 4.21. The zero-order chi connectivity index (χ0) is 9.80. The Labute approximate surface area is 86.5 Å². The summed E-state index contributed by atoms with van der Waals surface area (Å²) in [7, 11) is 0. The highest BCUT2D eigenvalue weighted by molar-refractivity contribution is 7.98. The van der Waals surface area contributed by atoms with Gasteiger partial charge in [0.2, 0.25) is 0 Å². The summed E-state index contributed by atoms with van der Waals surface area (Å²) < 4.78 is 4.97. The summed E-state index contributed by atoms with van der Waals surface area (Å²) >= 11 is 1.65. The molecule has 0 fully saturated rings. The van der Waals surface area contributed by atoms with Crippen molar-refractivity contribution in [2.45, 2.75) is 17.7 Å². The highest BCUT2D eigenvalue weighted by Crippen LogP contribution is 2.19. The zero-order valence-corrected chi connectivity index (χ0v) is 8.62. The van der Waals surface area contributed by atoms with E-state index in [-0.39, 0.29) is 0 Å². The van der Waals surface area contributed by atoms with Gasteiger partial charge in [-0.05, 0) is 19.1 Å². The Hall–Kier alpha value is -1.29. The largest absolute Gasteiger partial charge is 0.361 e. The van der Waals surface area contributed by atoms with Crippen LogP contribution in [0.1, 0.15) is 11.5 Å². The average Bonchev–Trinajstić information content (AvgIpc) is 2.63. The van der Waals surface area contributed by atoms with Crippen LogP contribution in [0.2, 0.25) is 0 Å². The van der Waals surface area contributed by atoms with E-state index in [4.69, 9.17) is 4.52 Å². The molecule has 0 bridgehead atoms. The van der Waals surface area contributed by atoms with Crippen LogP contribution >= 0.6 is 11.8 Å². The Morgan fingerprint density at radius 2 is 2.36 bits per heavy atom. The van der Waals surface area contributed by atoms with Crippen molar-refractivity contribution >= 4 is 11.8 Å². The van der Waals surface area contributed by atoms with Gasteiger partial charge in [0.1, 0.15) is 5.76 Å². The molecule has 0 saturated carbocycles. The van der Waals surface area contributed by atoms with Crippen LogP contribution in [0.3, 0.4) is 0 Å². The van der Waals surface area contributed by atoms with Gasteiger partial charge in [-0.1, -0.05) is 23.0 Å². The van der Waals surface area contributed by atoms with E-state index < -0.39 is 0 Å². The molecule has 4 heteroatoms. The Bertz CT molecular complexity index is 400. The lowest BCUT2D eigenvalue weighted by molar-refractivity contribution is 0.393. The molecule has 0 aliphatic heterocycles. The van der Waals surface area contributed by atoms with Crippen molar-refractivity contribution in [3.63, 3.8) is 0 Å². The molecule has 14 heavy (non-hydrogen) atoms. The molecule has 0 radical (unpaired) electrons. The van der Waals surface area contributed by atoms with Crippen molar-refractivity contribution in [2.75, 3.05) is 0 Å². The second-order valence-corrected chi connectivity index (χ2v) is 3.88. The van der Waals surface area contributed by atoms with E-state index in [0.29, 0.717) is 0 Å². The molecule has 2 aromatic heterocycles. The summed E-state index contributed by atoms with van der Waals surface area (Å²) in [6.45, 7) is 1.89. The molecule has 0 aromatic carbocycles. The smallest absolute Gasteiger partial charge is 0.133 e. The van der Waals surface area contributed by atoms with E-state index in [9.17, 15) is 0 Å². The lowest BCUT2D eigenvalue weighted by atomic mass is 10.4. The first kappa shape index (κ1) is 9.27. The predicted molar refractivity (Wildman–Crippen MR) is 55.0 cm³/mol. The highest BCUT2D eigenvalue weighted by atomic mass is 32.2. The molecular formula is C10H10N2OS. The minimum absolute atomic E-state index is 0.800. The number of aromatic nitrogens is 2. The fourth-order valence-electron chi connectivity index (χ4n) is 1.07. The van der Waals surface area contributed by atoms with Crippen molar-refractivity contribution in [1.29, 1.82) is 0 Å². The number of thioether (sulfide) groups is 1. The summed E-state index contributed by atoms with van der Waals surface area (Å²) in [5.74, 6) is 1.65. The van der Waals surface area contributed by atoms with Crippen molar-refractivity contribution in [1.82, 2.24) is 10.1 Å². The molecule has 0 saturated heterocycles. The highest BCUT2D eigenvalue weighted by Gasteiger charge is 2.01. The number of nitrogens with zero attached hydrogens (tertiary/aromatic N) is 2. The van der Waals surface area contributed by atoms with Crippen LogP contribution in [-0.4, -0.2) is 10.1 Å². The molecule has 0 spiro atoms. The maximum atomic E-state index is 4.97. The minimum atomic E-state index is 0.800. The van der Waals surface area contributed by atoms with Crippen LogP contribution in [0.25, 0.3) is 0 Å². The summed E-state index contributed by atoms with van der Waals surface area (Å²) in [6.07, 6.45) is 1.79. The van der Waals surface area contributed by atoms with Gasteiger partial charge < -0.3 is 4.52 Å². The Kier molecular flexibility index (Phi) is 2.84. The van der Waals surface area contributed by atoms with Gasteiger partial charge in [0.05, 0.1) is 10.7 Å². The minimum Gasteiger partial charge on any atom is -0.361 e. The Morgan fingerprint density at radius 3 is 3.00 bits per heavy atom. The summed E-state index contributed by atoms with van der Waals surface area (Å²) in [6, 6.07) is 7.81. The topological polar surface area (TPSA) is 38.9 Å². The van der Waals surface area contributed by atoms with E-state index in [2.05, 4.69) is 10.1 Å². The molecule has 0 aliphatic carbocycles. The molecule has 72 valence electrons. The normalized spacial score (nSPS) is 10.4. The molecule has 3 nitrogen and oxygen atoms in total. The van der Waals surface area contributed by atoms with Crippen molar-refractivity contribution < 1.29 is 4.52 Å². The van der Waals surface area contributed by atoms with Crippen molar-refractivity contribution in [3.05, 3.63) is 41.9 Å². The van der Waals surface area contributed by atoms with Gasteiger partial charge in [-0.2, -0.15) is 0 Å². The van der Waals surface area contributed by atoms with Gasteiger partial charge in [-0.15, -0.1) is 0 Å². The van der Waals surface area contributed by atoms with Crippen LogP contribution in [0.5, 0.6) is 0 Å². The second kappa shape index (κ2) is 4.28. The second-order valence-electron chi connectivity index (χ2n) is 2.89. The van der Waals surface area contributed by atoms with Crippen LogP contribution in [-0.2, 0) is 5.75 Å². The van der Waals surface area contributed by atoms with Gasteiger partial charge in [-0.25, -0.2) is 4.98 Å². The monoisotopic (exact) mass is 206 g/mol. The third-order valence-electron chi connectivity index (χ3n) is 1.68. The standard InChI is InChI=1S/C10H10N2OS/c1-8-6-9(12-13-8)7-14-10-4-2-3-5-11-10/h2-6H,7H2,1H3. The molecular weight excluding hydrogens is 196 g/mol. The van der Waals surface area contributed by atoms with Crippen LogP contribution in [0.15, 0.2) is 40.0 Å². The van der Waals surface area contributed by atoms with Crippen molar-refractivity contribution in [2.24, 2.45) is 0 Å². The number of rotatable bonds is 3. The number of hydrogen-bond acceptors (Lipinski definition) is 4. The quantitative estimate of drug-likeness (QED) is 0.724. The predicted octanol–water partition coefficient (Wildman–Crippen LogP) is 2.67. The number of pyridine rings is 1. The van der Waals surface area contributed by atoms with E-state index in [0.717, 1.165) is 22.2 Å². The molecule has 2 rings (SSSR count). The molecule has 0 amide bonds. The third-order valence-corrected chi connectivity index (χ3v) is 2.66. The third kappa shape index (κ3) is 2.35. The van der Waals surface area contributed by atoms with Gasteiger partial charge in [0.15, 0.2) is 0 Å². The van der Waals surface area contributed by atoms with Gasteiger partial charge in [-0.3, -0.25) is 0 Å². The molecule has 2 aromatic rings. The maximum Gasteiger partial charge on any atom is 0.133 e. The molecule has 0 atom stereocenters.